The molecule has 0 aliphatic carbocycles. The third-order valence-corrected chi connectivity index (χ3v) is 5.23. The highest BCUT2D eigenvalue weighted by atomic mass is 19.1. The van der Waals surface area contributed by atoms with Crippen molar-refractivity contribution >= 4 is 23.2 Å². The summed E-state index contributed by atoms with van der Waals surface area (Å²) in [6.45, 7) is 0. The lowest BCUT2D eigenvalue weighted by Crippen LogP contribution is -2.18. The van der Waals surface area contributed by atoms with E-state index in [1.165, 1.54) is 20.3 Å². The van der Waals surface area contributed by atoms with Crippen LogP contribution in [0.1, 0.15) is 27.3 Å². The Balaban J connectivity index is 1.72. The van der Waals surface area contributed by atoms with Crippen molar-refractivity contribution in [2.45, 2.75) is 6.42 Å². The normalized spacial score (nSPS) is 10.8. The first-order valence-electron chi connectivity index (χ1n) is 10.3. The summed E-state index contributed by atoms with van der Waals surface area (Å²) in [6, 6.07) is 7.87. The van der Waals surface area contributed by atoms with Crippen molar-refractivity contribution in [1.29, 1.82) is 5.41 Å². The second kappa shape index (κ2) is 9.61. The maximum absolute atomic E-state index is 15.7. The molecule has 0 fully saturated rings. The van der Waals surface area contributed by atoms with Gasteiger partial charge in [-0.15, -0.1) is 5.10 Å². The number of carboxylic acid groups (broad SMARTS) is 1. The lowest BCUT2D eigenvalue weighted by Gasteiger charge is -2.18. The third kappa shape index (κ3) is 4.46. The summed E-state index contributed by atoms with van der Waals surface area (Å²) in [7, 11) is 2.76. The summed E-state index contributed by atoms with van der Waals surface area (Å²) in [5, 5.41) is 29.9. The third-order valence-electron chi connectivity index (χ3n) is 5.23. The topological polar surface area (TPSA) is 197 Å². The van der Waals surface area contributed by atoms with Crippen molar-refractivity contribution in [2.75, 3.05) is 19.5 Å². The molecule has 0 spiro atoms. The first-order chi connectivity index (χ1) is 17.2. The minimum absolute atomic E-state index is 0.0223. The molecule has 0 bridgehead atoms. The van der Waals surface area contributed by atoms with Crippen LogP contribution in [0.25, 0.3) is 5.82 Å². The number of amidine groups is 1. The highest BCUT2D eigenvalue weighted by Gasteiger charge is 2.23. The second-order valence-corrected chi connectivity index (χ2v) is 7.48. The number of carboxylic acids is 1. The number of aromatic nitrogens is 5. The number of carbonyl (C=O) groups is 1. The Bertz CT molecular complexity index is 1510. The predicted octanol–water partition coefficient (Wildman–Crippen LogP) is 1.76. The number of hydrogen-bond donors (Lipinski definition) is 6. The fourth-order valence-electron chi connectivity index (χ4n) is 3.52. The Labute approximate surface area is 202 Å². The fraction of sp³-hybridized carbons (Fsp3) is 0.136. The van der Waals surface area contributed by atoms with Gasteiger partial charge in [0.25, 0.3) is 0 Å². The molecule has 36 heavy (non-hydrogen) atoms. The van der Waals surface area contributed by atoms with Crippen molar-refractivity contribution in [3.8, 4) is 17.3 Å². The van der Waals surface area contributed by atoms with Crippen molar-refractivity contribution < 1.29 is 23.8 Å². The molecular weight excluding hydrogens is 475 g/mol. The zero-order chi connectivity index (χ0) is 26.0. The number of nitrogens with two attached hydrogens (primary N) is 1. The van der Waals surface area contributed by atoms with Crippen LogP contribution in [0.5, 0.6) is 11.5 Å². The minimum Gasteiger partial charge on any atom is -0.493 e. The summed E-state index contributed by atoms with van der Waals surface area (Å²) >= 11 is 0. The van der Waals surface area contributed by atoms with E-state index in [0.29, 0.717) is 11.3 Å². The number of rotatable bonds is 9. The Hall–Kier alpha value is -5.14. The Morgan fingerprint density at radius 2 is 2.00 bits per heavy atom. The van der Waals surface area contributed by atoms with Crippen molar-refractivity contribution in [1.82, 2.24) is 25.0 Å². The lowest BCUT2D eigenvalue weighted by molar-refractivity contribution is 0.0696. The SMILES string of the molecule is COc1cc(Cc2nn(-c3[nH]ncc3C(=O)O)c(=O)[nH]2)c(F)c(Nc2ccc(C(=N)N)cc2)c1OC. The molecule has 0 radical (unpaired) electrons. The largest absolute Gasteiger partial charge is 0.493 e. The zero-order valence-electron chi connectivity index (χ0n) is 19.0. The first kappa shape index (κ1) is 24.0. The fourth-order valence-corrected chi connectivity index (χ4v) is 3.52. The smallest absolute Gasteiger partial charge is 0.349 e. The number of nitrogen functional groups attached to an aromatic ring is 1. The van der Waals surface area contributed by atoms with E-state index < -0.39 is 17.5 Å². The van der Waals surface area contributed by atoms with Crippen LogP contribution in [0.2, 0.25) is 0 Å². The van der Waals surface area contributed by atoms with Crippen molar-refractivity contribution in [3.63, 3.8) is 0 Å². The highest BCUT2D eigenvalue weighted by Crippen LogP contribution is 2.41. The van der Waals surface area contributed by atoms with Crippen LogP contribution in [0.15, 0.2) is 41.3 Å². The molecule has 4 rings (SSSR count). The molecule has 0 saturated heterocycles. The maximum Gasteiger partial charge on any atom is 0.349 e. The van der Waals surface area contributed by atoms with Crippen LogP contribution in [0, 0.1) is 11.2 Å². The van der Waals surface area contributed by atoms with Crippen LogP contribution in [-0.4, -0.2) is 56.1 Å². The van der Waals surface area contributed by atoms with Crippen molar-refractivity contribution in [2.24, 2.45) is 5.73 Å². The maximum atomic E-state index is 15.7. The number of aromatic carboxylic acids is 1. The van der Waals surface area contributed by atoms with Crippen LogP contribution >= 0.6 is 0 Å². The Kier molecular flexibility index (Phi) is 6.41. The van der Waals surface area contributed by atoms with E-state index in [-0.39, 0.29) is 52.2 Å². The molecule has 0 saturated carbocycles. The van der Waals surface area contributed by atoms with Gasteiger partial charge in [0.15, 0.2) is 23.1 Å². The summed E-state index contributed by atoms with van der Waals surface area (Å²) in [6.07, 6.45) is 0.885. The van der Waals surface area contributed by atoms with Gasteiger partial charge in [0.1, 0.15) is 22.9 Å². The number of benzene rings is 2. The minimum atomic E-state index is -1.30. The van der Waals surface area contributed by atoms with Gasteiger partial charge in [0.05, 0.1) is 20.4 Å². The average molecular weight is 496 g/mol. The average Bonchev–Trinajstić information content (AvgIpc) is 3.48. The monoisotopic (exact) mass is 496 g/mol. The van der Waals surface area contributed by atoms with Gasteiger partial charge in [-0.1, -0.05) is 0 Å². The van der Waals surface area contributed by atoms with Gasteiger partial charge < -0.3 is 25.6 Å². The van der Waals surface area contributed by atoms with E-state index in [1.807, 2.05) is 0 Å². The number of halogens is 1. The van der Waals surface area contributed by atoms with Gasteiger partial charge >= 0.3 is 11.7 Å². The number of hydrogen-bond acceptors (Lipinski definition) is 8. The summed E-state index contributed by atoms with van der Waals surface area (Å²) in [5.74, 6) is -1.84. The van der Waals surface area contributed by atoms with Crippen LogP contribution in [0.3, 0.4) is 0 Å². The number of ether oxygens (including phenoxy) is 2. The van der Waals surface area contributed by atoms with E-state index in [4.69, 9.17) is 20.6 Å². The molecule has 2 aromatic carbocycles. The predicted molar refractivity (Wildman–Crippen MR) is 126 cm³/mol. The van der Waals surface area contributed by atoms with Gasteiger partial charge in [-0.05, 0) is 30.3 Å². The summed E-state index contributed by atoms with van der Waals surface area (Å²) in [5.41, 5.74) is 5.58. The van der Waals surface area contributed by atoms with Gasteiger partial charge in [-0.25, -0.2) is 14.0 Å². The standard InChI is InChI=1S/C22H21FN8O5/c1-35-14-7-11(8-15-28-22(34)31(30-15)20-13(21(32)33)9-26-29-20)16(23)17(18(14)36-2)27-12-5-3-10(4-6-12)19(24)25/h3-7,9,27H,8H2,1-2H3,(H3,24,25)(H,26,29)(H,32,33)(H,28,30,34). The summed E-state index contributed by atoms with van der Waals surface area (Å²) in [4.78, 5) is 26.3. The highest BCUT2D eigenvalue weighted by molar-refractivity contribution is 5.95. The number of anilines is 2. The van der Waals surface area contributed by atoms with E-state index in [1.54, 1.807) is 24.3 Å². The van der Waals surface area contributed by atoms with Gasteiger partial charge in [0, 0.05) is 23.2 Å². The second-order valence-electron chi connectivity index (χ2n) is 7.48. The van der Waals surface area contributed by atoms with Crippen LogP contribution < -0.4 is 26.2 Å². The van der Waals surface area contributed by atoms with Gasteiger partial charge in [-0.3, -0.25) is 15.5 Å². The first-order valence-corrected chi connectivity index (χ1v) is 10.3. The van der Waals surface area contributed by atoms with Gasteiger partial charge in [0.2, 0.25) is 0 Å². The quantitative estimate of drug-likeness (QED) is 0.148. The van der Waals surface area contributed by atoms with E-state index in [0.717, 1.165) is 10.9 Å². The molecule has 0 atom stereocenters. The molecule has 0 unspecified atom stereocenters. The summed E-state index contributed by atoms with van der Waals surface area (Å²) < 4.78 is 27.2. The van der Waals surface area contributed by atoms with Crippen molar-refractivity contribution in [3.05, 3.63) is 75.3 Å². The Morgan fingerprint density at radius 1 is 1.28 bits per heavy atom. The number of nitrogens with zero attached hydrogens (tertiary/aromatic N) is 3. The zero-order valence-corrected chi connectivity index (χ0v) is 19.0. The Morgan fingerprint density at radius 3 is 2.61 bits per heavy atom. The molecular formula is C22H21FN8O5. The number of nitrogens with one attached hydrogen (secondary N) is 4. The molecule has 0 amide bonds. The lowest BCUT2D eigenvalue weighted by atomic mass is 10.1. The number of methoxy groups -OCH3 is 2. The van der Waals surface area contributed by atoms with E-state index in [9.17, 15) is 14.7 Å². The van der Waals surface area contributed by atoms with E-state index >= 15 is 4.39 Å². The number of aromatic amines is 2. The van der Waals surface area contributed by atoms with Crippen LogP contribution in [-0.2, 0) is 6.42 Å². The molecule has 0 aliphatic rings. The molecule has 4 aromatic rings. The molecule has 13 nitrogen and oxygen atoms in total. The molecule has 2 heterocycles. The van der Waals surface area contributed by atoms with Crippen LogP contribution in [0.4, 0.5) is 15.8 Å². The molecule has 186 valence electrons. The molecule has 14 heteroatoms. The van der Waals surface area contributed by atoms with Gasteiger partial charge in [-0.2, -0.15) is 9.78 Å². The molecule has 0 aliphatic heterocycles. The molecule has 7 N–H and O–H groups in total. The van der Waals surface area contributed by atoms with E-state index in [2.05, 4.69) is 25.6 Å². The molecule has 2 aromatic heterocycles. The number of H-pyrrole nitrogens is 2.